The third-order valence-corrected chi connectivity index (χ3v) is 4.31. The van der Waals surface area contributed by atoms with Gasteiger partial charge in [0.25, 0.3) is 5.91 Å². The summed E-state index contributed by atoms with van der Waals surface area (Å²) in [6, 6.07) is 6.20. The minimum atomic E-state index is -0.268. The monoisotopic (exact) mass is 316 g/mol. The summed E-state index contributed by atoms with van der Waals surface area (Å²) in [7, 11) is 0. The van der Waals surface area contributed by atoms with Crippen molar-refractivity contribution >= 4 is 5.91 Å². The quantitative estimate of drug-likeness (QED) is 0.922. The Bertz CT molecular complexity index is 647. The van der Waals surface area contributed by atoms with Crippen LogP contribution in [-0.4, -0.2) is 27.4 Å². The lowest BCUT2D eigenvalue weighted by molar-refractivity contribution is 0.0938. The fraction of sp³-hybridized carbons (Fsp3) is 0.471. The lowest BCUT2D eigenvalue weighted by Gasteiger charge is -2.21. The Hall–Kier alpha value is -2.24. The maximum Gasteiger partial charge on any atom is 0.273 e. The number of nitrogens with one attached hydrogen (secondary N) is 1. The maximum atomic E-state index is 12.9. The van der Waals surface area contributed by atoms with Gasteiger partial charge in [-0.1, -0.05) is 36.6 Å². The average Bonchev–Trinajstić information content (AvgIpc) is 3.04. The number of benzene rings is 1. The van der Waals surface area contributed by atoms with Crippen LogP contribution in [0.5, 0.6) is 0 Å². The highest BCUT2D eigenvalue weighted by atomic mass is 19.1. The Morgan fingerprint density at radius 2 is 1.96 bits per heavy atom. The van der Waals surface area contributed by atoms with Gasteiger partial charge in [0, 0.05) is 6.54 Å². The summed E-state index contributed by atoms with van der Waals surface area (Å²) in [5.41, 5.74) is 1.23. The fourth-order valence-electron chi connectivity index (χ4n) is 2.98. The summed E-state index contributed by atoms with van der Waals surface area (Å²) in [4.78, 5) is 12.1. The van der Waals surface area contributed by atoms with E-state index in [4.69, 9.17) is 0 Å². The number of halogens is 1. The van der Waals surface area contributed by atoms with Gasteiger partial charge in [0.1, 0.15) is 5.82 Å². The van der Waals surface area contributed by atoms with Gasteiger partial charge in [0.15, 0.2) is 5.69 Å². The normalized spacial score (nSPS) is 15.5. The standard InChI is InChI=1S/C17H21FN4O/c18-15-8-6-14(7-9-15)11-22-12-16(20-21-22)17(23)19-10-13-4-2-1-3-5-13/h6-9,12-13H,1-5,10-11H2,(H,19,23). The molecule has 0 radical (unpaired) electrons. The SMILES string of the molecule is O=C(NCC1CCCCC1)c1cn(Cc2ccc(F)cc2)nn1. The molecule has 0 saturated heterocycles. The van der Waals surface area contributed by atoms with Gasteiger partial charge in [-0.05, 0) is 36.5 Å². The lowest BCUT2D eigenvalue weighted by atomic mass is 9.89. The van der Waals surface area contributed by atoms with E-state index < -0.39 is 0 Å². The van der Waals surface area contributed by atoms with E-state index in [1.807, 2.05) is 0 Å². The topological polar surface area (TPSA) is 59.8 Å². The molecule has 23 heavy (non-hydrogen) atoms. The van der Waals surface area contributed by atoms with Crippen LogP contribution < -0.4 is 5.32 Å². The summed E-state index contributed by atoms with van der Waals surface area (Å²) in [6.45, 7) is 1.17. The molecule has 1 aromatic carbocycles. The smallest absolute Gasteiger partial charge is 0.273 e. The highest BCUT2D eigenvalue weighted by Gasteiger charge is 2.16. The second-order valence-electron chi connectivity index (χ2n) is 6.14. The molecule has 3 rings (SSSR count). The predicted octanol–water partition coefficient (Wildman–Crippen LogP) is 2.78. The molecule has 1 aliphatic rings. The first-order chi connectivity index (χ1) is 11.2. The van der Waals surface area contributed by atoms with Gasteiger partial charge in [-0.2, -0.15) is 0 Å². The first-order valence-electron chi connectivity index (χ1n) is 8.13. The molecule has 0 aliphatic heterocycles. The van der Waals surface area contributed by atoms with Crippen molar-refractivity contribution in [1.82, 2.24) is 20.3 Å². The molecular formula is C17H21FN4O. The molecule has 5 nitrogen and oxygen atoms in total. The number of amides is 1. The zero-order valence-electron chi connectivity index (χ0n) is 13.0. The van der Waals surface area contributed by atoms with Crippen molar-refractivity contribution in [3.05, 3.63) is 47.5 Å². The van der Waals surface area contributed by atoms with Gasteiger partial charge >= 0.3 is 0 Å². The van der Waals surface area contributed by atoms with Crippen LogP contribution in [0.15, 0.2) is 30.5 Å². The summed E-state index contributed by atoms with van der Waals surface area (Å²) in [5, 5.41) is 10.8. The zero-order valence-corrected chi connectivity index (χ0v) is 13.0. The van der Waals surface area contributed by atoms with Crippen molar-refractivity contribution in [3.63, 3.8) is 0 Å². The molecule has 0 spiro atoms. The largest absolute Gasteiger partial charge is 0.350 e. The second kappa shape index (κ2) is 7.35. The molecule has 1 aromatic heterocycles. The Morgan fingerprint density at radius 1 is 1.22 bits per heavy atom. The summed E-state index contributed by atoms with van der Waals surface area (Å²) in [6.07, 6.45) is 7.83. The van der Waals surface area contributed by atoms with E-state index in [2.05, 4.69) is 15.6 Å². The fourth-order valence-corrected chi connectivity index (χ4v) is 2.98. The molecule has 1 aliphatic carbocycles. The molecule has 6 heteroatoms. The van der Waals surface area contributed by atoms with E-state index in [1.54, 1.807) is 23.0 Å². The molecule has 0 bridgehead atoms. The Balaban J connectivity index is 1.53. The van der Waals surface area contributed by atoms with E-state index in [9.17, 15) is 9.18 Å². The van der Waals surface area contributed by atoms with Crippen LogP contribution in [0.1, 0.15) is 48.2 Å². The lowest BCUT2D eigenvalue weighted by Crippen LogP contribution is -2.30. The van der Waals surface area contributed by atoms with Crippen molar-refractivity contribution in [2.45, 2.75) is 38.6 Å². The first kappa shape index (κ1) is 15.6. The predicted molar refractivity (Wildman–Crippen MR) is 84.4 cm³/mol. The van der Waals surface area contributed by atoms with Crippen molar-refractivity contribution in [1.29, 1.82) is 0 Å². The molecule has 1 amide bonds. The van der Waals surface area contributed by atoms with Crippen LogP contribution in [0.2, 0.25) is 0 Å². The highest BCUT2D eigenvalue weighted by Crippen LogP contribution is 2.22. The van der Waals surface area contributed by atoms with Crippen molar-refractivity contribution in [2.75, 3.05) is 6.54 Å². The number of carbonyl (C=O) groups is 1. The van der Waals surface area contributed by atoms with Crippen LogP contribution >= 0.6 is 0 Å². The van der Waals surface area contributed by atoms with E-state index in [0.717, 1.165) is 5.56 Å². The van der Waals surface area contributed by atoms with E-state index >= 15 is 0 Å². The molecule has 122 valence electrons. The Morgan fingerprint density at radius 3 is 2.70 bits per heavy atom. The van der Waals surface area contributed by atoms with Gasteiger partial charge in [-0.25, -0.2) is 9.07 Å². The van der Waals surface area contributed by atoms with Crippen LogP contribution in [0.4, 0.5) is 4.39 Å². The van der Waals surface area contributed by atoms with Crippen LogP contribution in [0.3, 0.4) is 0 Å². The van der Waals surface area contributed by atoms with Gasteiger partial charge < -0.3 is 5.32 Å². The van der Waals surface area contributed by atoms with Crippen LogP contribution in [0.25, 0.3) is 0 Å². The number of aromatic nitrogens is 3. The Labute approximate surface area is 134 Å². The van der Waals surface area contributed by atoms with Crippen LogP contribution in [0, 0.1) is 11.7 Å². The van der Waals surface area contributed by atoms with E-state index in [1.165, 1.54) is 44.2 Å². The number of nitrogens with zero attached hydrogens (tertiary/aromatic N) is 3. The van der Waals surface area contributed by atoms with E-state index in [-0.39, 0.29) is 11.7 Å². The van der Waals surface area contributed by atoms with Crippen molar-refractivity contribution < 1.29 is 9.18 Å². The number of hydrogen-bond donors (Lipinski definition) is 1. The molecule has 1 heterocycles. The molecule has 1 fully saturated rings. The molecule has 0 atom stereocenters. The minimum Gasteiger partial charge on any atom is -0.350 e. The Kier molecular flexibility index (Phi) is 5.00. The molecule has 2 aromatic rings. The summed E-state index contributed by atoms with van der Waals surface area (Å²) >= 11 is 0. The molecular weight excluding hydrogens is 295 g/mol. The molecule has 1 saturated carbocycles. The average molecular weight is 316 g/mol. The maximum absolute atomic E-state index is 12.9. The number of carbonyl (C=O) groups excluding carboxylic acids is 1. The third-order valence-electron chi connectivity index (χ3n) is 4.31. The third kappa shape index (κ3) is 4.37. The highest BCUT2D eigenvalue weighted by molar-refractivity contribution is 5.91. The molecule has 0 unspecified atom stereocenters. The van der Waals surface area contributed by atoms with Gasteiger partial charge in [0.05, 0.1) is 12.7 Å². The van der Waals surface area contributed by atoms with Crippen molar-refractivity contribution in [2.24, 2.45) is 5.92 Å². The first-order valence-corrected chi connectivity index (χ1v) is 8.13. The zero-order chi connectivity index (χ0) is 16.1. The number of rotatable bonds is 5. The van der Waals surface area contributed by atoms with Gasteiger partial charge in [-0.3, -0.25) is 4.79 Å². The molecule has 1 N–H and O–H groups in total. The summed E-state index contributed by atoms with van der Waals surface area (Å²) in [5.74, 6) is 0.137. The van der Waals surface area contributed by atoms with Crippen molar-refractivity contribution in [3.8, 4) is 0 Å². The summed E-state index contributed by atoms with van der Waals surface area (Å²) < 4.78 is 14.5. The van der Waals surface area contributed by atoms with Crippen LogP contribution in [-0.2, 0) is 6.54 Å². The second-order valence-corrected chi connectivity index (χ2v) is 6.14. The van der Waals surface area contributed by atoms with Gasteiger partial charge in [0.2, 0.25) is 0 Å². The minimum absolute atomic E-state index is 0.180. The number of hydrogen-bond acceptors (Lipinski definition) is 3. The van der Waals surface area contributed by atoms with E-state index in [0.29, 0.717) is 24.7 Å². The van der Waals surface area contributed by atoms with Gasteiger partial charge in [-0.15, -0.1) is 5.10 Å².